The van der Waals surface area contributed by atoms with Gasteiger partial charge in [-0.05, 0) is 5.92 Å². The van der Waals surface area contributed by atoms with Crippen LogP contribution in [0.1, 0.15) is 30.6 Å². The van der Waals surface area contributed by atoms with Crippen LogP contribution in [0, 0.1) is 22.0 Å². The summed E-state index contributed by atoms with van der Waals surface area (Å²) in [7, 11) is 0. The van der Waals surface area contributed by atoms with Crippen molar-refractivity contribution in [3.05, 3.63) is 39.9 Å². The van der Waals surface area contributed by atoms with Crippen molar-refractivity contribution in [1.29, 1.82) is 0 Å². The fourth-order valence-electron chi connectivity index (χ4n) is 1.72. The van der Waals surface area contributed by atoms with Gasteiger partial charge in [0.15, 0.2) is 5.78 Å². The third kappa shape index (κ3) is 3.87. The Morgan fingerprint density at radius 1 is 1.37 bits per heavy atom. The SMILES string of the molecule is CC(C)C(CC(=O)c1cccc([N+](=O)[O-])c1)C(=O)O. The van der Waals surface area contributed by atoms with Crippen LogP contribution in [0.3, 0.4) is 0 Å². The topological polar surface area (TPSA) is 97.5 Å². The summed E-state index contributed by atoms with van der Waals surface area (Å²) in [6, 6.07) is 5.32. The van der Waals surface area contributed by atoms with Crippen LogP contribution < -0.4 is 0 Å². The van der Waals surface area contributed by atoms with Gasteiger partial charge in [-0.2, -0.15) is 0 Å². The molecule has 0 spiro atoms. The summed E-state index contributed by atoms with van der Waals surface area (Å²) >= 11 is 0. The molecule has 1 unspecified atom stereocenters. The minimum Gasteiger partial charge on any atom is -0.481 e. The van der Waals surface area contributed by atoms with Gasteiger partial charge in [0.1, 0.15) is 0 Å². The first-order chi connectivity index (χ1) is 8.82. The number of hydrogen-bond acceptors (Lipinski definition) is 4. The number of nitrogens with zero attached hydrogens (tertiary/aromatic N) is 1. The second-order valence-corrected chi connectivity index (χ2v) is 4.62. The van der Waals surface area contributed by atoms with E-state index in [0.717, 1.165) is 0 Å². The average Bonchev–Trinajstić information content (AvgIpc) is 2.34. The van der Waals surface area contributed by atoms with Crippen LogP contribution in [-0.4, -0.2) is 21.8 Å². The molecule has 1 aromatic carbocycles. The van der Waals surface area contributed by atoms with Gasteiger partial charge >= 0.3 is 5.97 Å². The second kappa shape index (κ2) is 6.08. The van der Waals surface area contributed by atoms with Crippen molar-refractivity contribution in [1.82, 2.24) is 0 Å². The van der Waals surface area contributed by atoms with Crippen molar-refractivity contribution in [2.45, 2.75) is 20.3 Å². The molecule has 0 saturated carbocycles. The lowest BCUT2D eigenvalue weighted by atomic mass is 9.89. The number of benzene rings is 1. The largest absolute Gasteiger partial charge is 0.481 e. The van der Waals surface area contributed by atoms with Gasteiger partial charge in [0, 0.05) is 24.1 Å². The van der Waals surface area contributed by atoms with Crippen LogP contribution in [0.2, 0.25) is 0 Å². The molecule has 0 saturated heterocycles. The maximum Gasteiger partial charge on any atom is 0.307 e. The number of carboxylic acid groups (broad SMARTS) is 1. The van der Waals surface area contributed by atoms with Crippen LogP contribution in [0.5, 0.6) is 0 Å². The molecule has 19 heavy (non-hydrogen) atoms. The first-order valence-corrected chi connectivity index (χ1v) is 5.83. The van der Waals surface area contributed by atoms with Gasteiger partial charge in [-0.25, -0.2) is 0 Å². The highest BCUT2D eigenvalue weighted by Crippen LogP contribution is 2.20. The molecule has 6 nitrogen and oxygen atoms in total. The Hall–Kier alpha value is -2.24. The normalized spacial score (nSPS) is 12.2. The monoisotopic (exact) mass is 265 g/mol. The third-order valence-electron chi connectivity index (χ3n) is 2.91. The van der Waals surface area contributed by atoms with Gasteiger partial charge in [0.2, 0.25) is 0 Å². The lowest BCUT2D eigenvalue weighted by molar-refractivity contribution is -0.384. The molecular weight excluding hydrogens is 250 g/mol. The van der Waals surface area contributed by atoms with Crippen molar-refractivity contribution < 1.29 is 19.6 Å². The molecule has 102 valence electrons. The number of carbonyl (C=O) groups excluding carboxylic acids is 1. The highest BCUT2D eigenvalue weighted by molar-refractivity contribution is 5.98. The number of carbonyl (C=O) groups is 2. The molecule has 0 bridgehead atoms. The molecule has 1 atom stereocenters. The van der Waals surface area contributed by atoms with E-state index >= 15 is 0 Å². The van der Waals surface area contributed by atoms with Crippen molar-refractivity contribution in [2.75, 3.05) is 0 Å². The summed E-state index contributed by atoms with van der Waals surface area (Å²) in [5.74, 6) is -2.40. The standard InChI is InChI=1S/C13H15NO5/c1-8(2)11(13(16)17)7-12(15)9-4-3-5-10(6-9)14(18)19/h3-6,8,11H,7H2,1-2H3,(H,16,17). The number of aliphatic carboxylic acids is 1. The number of nitro groups is 1. The van der Waals surface area contributed by atoms with Crippen molar-refractivity contribution in [3.63, 3.8) is 0 Å². The molecule has 0 aromatic heterocycles. The Morgan fingerprint density at radius 2 is 2.00 bits per heavy atom. The maximum atomic E-state index is 12.0. The summed E-state index contributed by atoms with van der Waals surface area (Å²) < 4.78 is 0. The number of carboxylic acids is 1. The number of hydrogen-bond donors (Lipinski definition) is 1. The minimum atomic E-state index is -1.03. The summed E-state index contributed by atoms with van der Waals surface area (Å²) in [6.45, 7) is 3.44. The molecule has 6 heteroatoms. The third-order valence-corrected chi connectivity index (χ3v) is 2.91. The fourth-order valence-corrected chi connectivity index (χ4v) is 1.72. The van der Waals surface area contributed by atoms with Gasteiger partial charge in [-0.3, -0.25) is 19.7 Å². The van der Waals surface area contributed by atoms with Crippen LogP contribution in [-0.2, 0) is 4.79 Å². The zero-order chi connectivity index (χ0) is 14.6. The van der Waals surface area contributed by atoms with Gasteiger partial charge in [-0.1, -0.05) is 26.0 Å². The van der Waals surface area contributed by atoms with Crippen molar-refractivity contribution >= 4 is 17.4 Å². The summed E-state index contributed by atoms with van der Waals surface area (Å²) in [5.41, 5.74) is -0.0108. The number of ketones is 1. The Bertz CT molecular complexity index is 510. The number of non-ortho nitro benzene ring substituents is 1. The maximum absolute atomic E-state index is 12.0. The minimum absolute atomic E-state index is 0.159. The smallest absolute Gasteiger partial charge is 0.307 e. The van der Waals surface area contributed by atoms with E-state index in [2.05, 4.69) is 0 Å². The first-order valence-electron chi connectivity index (χ1n) is 5.83. The molecule has 0 fully saturated rings. The van der Waals surface area contributed by atoms with Gasteiger partial charge in [-0.15, -0.1) is 0 Å². The van der Waals surface area contributed by atoms with Crippen LogP contribution in [0.25, 0.3) is 0 Å². The summed E-state index contributed by atoms with van der Waals surface area (Å²) in [6.07, 6.45) is -0.159. The van der Waals surface area contributed by atoms with Crippen molar-refractivity contribution in [3.8, 4) is 0 Å². The first kappa shape index (κ1) is 14.8. The van der Waals surface area contributed by atoms with E-state index in [1.54, 1.807) is 13.8 Å². The number of rotatable bonds is 6. The molecule has 0 radical (unpaired) electrons. The molecule has 0 aliphatic heterocycles. The lowest BCUT2D eigenvalue weighted by Gasteiger charge is -2.14. The van der Waals surface area contributed by atoms with Crippen LogP contribution in [0.15, 0.2) is 24.3 Å². The van der Waals surface area contributed by atoms with Crippen LogP contribution >= 0.6 is 0 Å². The summed E-state index contributed by atoms with van der Waals surface area (Å²) in [4.78, 5) is 33.0. The van der Waals surface area contributed by atoms with E-state index in [-0.39, 0.29) is 23.6 Å². The molecule has 0 aliphatic rings. The molecule has 1 aromatic rings. The highest BCUT2D eigenvalue weighted by Gasteiger charge is 2.25. The van der Waals surface area contributed by atoms with Gasteiger partial charge in [0.25, 0.3) is 5.69 Å². The van der Waals surface area contributed by atoms with E-state index in [4.69, 9.17) is 5.11 Å². The highest BCUT2D eigenvalue weighted by atomic mass is 16.6. The van der Waals surface area contributed by atoms with E-state index in [1.165, 1.54) is 24.3 Å². The van der Waals surface area contributed by atoms with Crippen molar-refractivity contribution in [2.24, 2.45) is 11.8 Å². The Balaban J connectivity index is 2.91. The molecule has 0 aliphatic carbocycles. The number of nitro benzene ring substituents is 1. The fraction of sp³-hybridized carbons (Fsp3) is 0.385. The second-order valence-electron chi connectivity index (χ2n) is 4.62. The van der Waals surface area contributed by atoms with Crippen LogP contribution in [0.4, 0.5) is 5.69 Å². The average molecular weight is 265 g/mol. The Labute approximate surface area is 110 Å². The quantitative estimate of drug-likeness (QED) is 0.484. The zero-order valence-electron chi connectivity index (χ0n) is 10.7. The van der Waals surface area contributed by atoms with E-state index < -0.39 is 22.6 Å². The Morgan fingerprint density at radius 3 is 2.47 bits per heavy atom. The summed E-state index contributed by atoms with van der Waals surface area (Å²) in [5, 5.41) is 19.6. The van der Waals surface area contributed by atoms with E-state index in [9.17, 15) is 19.7 Å². The molecule has 0 heterocycles. The van der Waals surface area contributed by atoms with E-state index in [1.807, 2.05) is 0 Å². The molecular formula is C13H15NO5. The van der Waals surface area contributed by atoms with Gasteiger partial charge < -0.3 is 5.11 Å². The molecule has 1 N–H and O–H groups in total. The Kier molecular flexibility index (Phi) is 4.74. The lowest BCUT2D eigenvalue weighted by Crippen LogP contribution is -2.23. The van der Waals surface area contributed by atoms with E-state index in [0.29, 0.717) is 0 Å². The number of Topliss-reactive ketones (excluding diaryl/α,β-unsaturated/α-hetero) is 1. The molecule has 0 amide bonds. The molecule has 1 rings (SSSR count). The van der Waals surface area contributed by atoms with Gasteiger partial charge in [0.05, 0.1) is 10.8 Å². The zero-order valence-corrected chi connectivity index (χ0v) is 10.7. The predicted molar refractivity (Wildman–Crippen MR) is 68.0 cm³/mol. The predicted octanol–water partition coefficient (Wildman–Crippen LogP) is 2.52.